The predicted molar refractivity (Wildman–Crippen MR) is 68.8 cm³/mol. The number of nitrogens with zero attached hydrogens (tertiary/aromatic N) is 2. The summed E-state index contributed by atoms with van der Waals surface area (Å²) < 4.78 is 0. The highest BCUT2D eigenvalue weighted by Gasteiger charge is 2.25. The van der Waals surface area contributed by atoms with Gasteiger partial charge in [0.2, 0.25) is 5.91 Å². The number of fused-ring (bicyclic) bond motifs is 1. The number of hydrogen-bond donors (Lipinski definition) is 1. The van der Waals surface area contributed by atoms with Crippen LogP contribution in [0, 0.1) is 0 Å². The molecule has 0 spiro atoms. The topological polar surface area (TPSA) is 49.6 Å². The monoisotopic (exact) mass is 233 g/mol. The number of para-hydroxylation sites is 1. The van der Waals surface area contributed by atoms with Gasteiger partial charge in [-0.15, -0.1) is 0 Å². The molecule has 1 amide bonds. The number of anilines is 1. The van der Waals surface area contributed by atoms with E-state index in [2.05, 4.69) is 31.0 Å². The Balaban J connectivity index is 2.35. The third kappa shape index (κ3) is 2.26. The van der Waals surface area contributed by atoms with Gasteiger partial charge in [0.25, 0.3) is 0 Å². The van der Waals surface area contributed by atoms with Gasteiger partial charge in [0.05, 0.1) is 6.54 Å². The quantitative estimate of drug-likeness (QED) is 0.781. The van der Waals surface area contributed by atoms with E-state index in [0.717, 1.165) is 6.54 Å². The van der Waals surface area contributed by atoms with E-state index < -0.39 is 0 Å². The highest BCUT2D eigenvalue weighted by atomic mass is 16.2. The minimum Gasteiger partial charge on any atom is -0.372 e. The largest absolute Gasteiger partial charge is 0.372 e. The van der Waals surface area contributed by atoms with Crippen LogP contribution in [-0.4, -0.2) is 37.0 Å². The summed E-state index contributed by atoms with van der Waals surface area (Å²) >= 11 is 0. The zero-order valence-corrected chi connectivity index (χ0v) is 10.4. The Bertz CT molecular complexity index is 419. The van der Waals surface area contributed by atoms with E-state index in [1.165, 1.54) is 11.3 Å². The molecule has 1 aliphatic heterocycles. The molecular formula is C13H19N3O. The molecule has 4 nitrogen and oxygen atoms in total. The second-order valence-corrected chi connectivity index (χ2v) is 4.58. The second kappa shape index (κ2) is 4.75. The van der Waals surface area contributed by atoms with Crippen LogP contribution in [0.5, 0.6) is 0 Å². The zero-order valence-electron chi connectivity index (χ0n) is 10.4. The Morgan fingerprint density at radius 1 is 1.47 bits per heavy atom. The second-order valence-electron chi connectivity index (χ2n) is 4.58. The van der Waals surface area contributed by atoms with Crippen molar-refractivity contribution in [3.8, 4) is 0 Å². The fourth-order valence-corrected chi connectivity index (χ4v) is 2.40. The maximum absolute atomic E-state index is 11.8. The van der Waals surface area contributed by atoms with Crippen LogP contribution in [-0.2, 0) is 11.3 Å². The van der Waals surface area contributed by atoms with Crippen molar-refractivity contribution in [1.82, 2.24) is 4.90 Å². The SMILES string of the molecule is C[C@H]1CN(C)c2ccccc2CN1C(=O)CN. The summed E-state index contributed by atoms with van der Waals surface area (Å²) in [5.74, 6) is 0.0163. The van der Waals surface area contributed by atoms with Crippen LogP contribution in [0.4, 0.5) is 5.69 Å². The molecule has 0 bridgehead atoms. The molecule has 1 atom stereocenters. The lowest BCUT2D eigenvalue weighted by atomic mass is 10.1. The van der Waals surface area contributed by atoms with Gasteiger partial charge in [-0.25, -0.2) is 0 Å². The Morgan fingerprint density at radius 2 is 2.18 bits per heavy atom. The summed E-state index contributed by atoms with van der Waals surface area (Å²) in [6.45, 7) is 3.63. The third-order valence-electron chi connectivity index (χ3n) is 3.31. The standard InChI is InChI=1S/C13H19N3O/c1-10-8-15(2)12-6-4-3-5-11(12)9-16(10)13(17)7-14/h3-6,10H,7-9,14H2,1-2H3/t10-/m0/s1. The Kier molecular flexibility index (Phi) is 3.33. The van der Waals surface area contributed by atoms with E-state index in [0.29, 0.717) is 6.54 Å². The lowest BCUT2D eigenvalue weighted by molar-refractivity contribution is -0.132. The number of amides is 1. The molecule has 1 aromatic carbocycles. The molecule has 0 radical (unpaired) electrons. The predicted octanol–water partition coefficient (Wildman–Crippen LogP) is 0.812. The number of hydrogen-bond acceptors (Lipinski definition) is 3. The molecule has 2 rings (SSSR count). The van der Waals surface area contributed by atoms with Crippen LogP contribution < -0.4 is 10.6 Å². The molecule has 0 saturated carbocycles. The van der Waals surface area contributed by atoms with Crippen LogP contribution in [0.25, 0.3) is 0 Å². The van der Waals surface area contributed by atoms with Gasteiger partial charge in [0.1, 0.15) is 0 Å². The average molecular weight is 233 g/mol. The Morgan fingerprint density at radius 3 is 2.88 bits per heavy atom. The maximum Gasteiger partial charge on any atom is 0.236 e. The van der Waals surface area contributed by atoms with Crippen molar-refractivity contribution in [2.75, 3.05) is 25.0 Å². The number of benzene rings is 1. The van der Waals surface area contributed by atoms with E-state index in [-0.39, 0.29) is 18.5 Å². The molecule has 1 aliphatic rings. The van der Waals surface area contributed by atoms with Crippen molar-refractivity contribution in [2.45, 2.75) is 19.5 Å². The van der Waals surface area contributed by atoms with Crippen LogP contribution >= 0.6 is 0 Å². The summed E-state index contributed by atoms with van der Waals surface area (Å²) in [5.41, 5.74) is 7.85. The van der Waals surface area contributed by atoms with Crippen molar-refractivity contribution < 1.29 is 4.79 Å². The number of carbonyl (C=O) groups excluding carboxylic acids is 1. The highest BCUT2D eigenvalue weighted by molar-refractivity contribution is 5.79. The van der Waals surface area contributed by atoms with E-state index in [1.807, 2.05) is 17.0 Å². The van der Waals surface area contributed by atoms with Gasteiger partial charge >= 0.3 is 0 Å². The van der Waals surface area contributed by atoms with Gasteiger partial charge in [0, 0.05) is 31.9 Å². The molecule has 0 fully saturated rings. The summed E-state index contributed by atoms with van der Waals surface area (Å²) in [6.07, 6.45) is 0. The van der Waals surface area contributed by atoms with Gasteiger partial charge in [-0.1, -0.05) is 18.2 Å². The lowest BCUT2D eigenvalue weighted by Crippen LogP contribution is -2.44. The number of rotatable bonds is 1. The first-order valence-electron chi connectivity index (χ1n) is 5.92. The summed E-state index contributed by atoms with van der Waals surface area (Å²) in [5, 5.41) is 0. The van der Waals surface area contributed by atoms with Crippen molar-refractivity contribution in [2.24, 2.45) is 5.73 Å². The molecule has 92 valence electrons. The van der Waals surface area contributed by atoms with Gasteiger partial charge in [0.15, 0.2) is 0 Å². The van der Waals surface area contributed by atoms with Crippen LogP contribution in [0.3, 0.4) is 0 Å². The number of likely N-dealkylation sites (N-methyl/N-ethyl adjacent to an activating group) is 1. The molecule has 0 saturated heterocycles. The van der Waals surface area contributed by atoms with Crippen LogP contribution in [0.15, 0.2) is 24.3 Å². The van der Waals surface area contributed by atoms with Crippen molar-refractivity contribution in [1.29, 1.82) is 0 Å². The van der Waals surface area contributed by atoms with Crippen molar-refractivity contribution in [3.63, 3.8) is 0 Å². The summed E-state index contributed by atoms with van der Waals surface area (Å²) in [6, 6.07) is 8.39. The minimum absolute atomic E-state index is 0.0163. The van der Waals surface area contributed by atoms with E-state index in [4.69, 9.17) is 5.73 Å². The van der Waals surface area contributed by atoms with E-state index in [1.54, 1.807) is 0 Å². The minimum atomic E-state index is 0.0163. The fraction of sp³-hybridized carbons (Fsp3) is 0.462. The molecule has 17 heavy (non-hydrogen) atoms. The first-order valence-corrected chi connectivity index (χ1v) is 5.92. The fourth-order valence-electron chi connectivity index (χ4n) is 2.40. The molecular weight excluding hydrogens is 214 g/mol. The van der Waals surface area contributed by atoms with E-state index >= 15 is 0 Å². The molecule has 0 aromatic heterocycles. The van der Waals surface area contributed by atoms with Crippen molar-refractivity contribution in [3.05, 3.63) is 29.8 Å². The Hall–Kier alpha value is -1.55. The van der Waals surface area contributed by atoms with Gasteiger partial charge in [-0.05, 0) is 18.6 Å². The third-order valence-corrected chi connectivity index (χ3v) is 3.31. The molecule has 4 heteroatoms. The molecule has 1 aromatic rings. The summed E-state index contributed by atoms with van der Waals surface area (Å²) in [4.78, 5) is 15.9. The van der Waals surface area contributed by atoms with Crippen LogP contribution in [0.2, 0.25) is 0 Å². The number of nitrogens with two attached hydrogens (primary N) is 1. The average Bonchev–Trinajstić information content (AvgIpc) is 2.46. The van der Waals surface area contributed by atoms with Gasteiger partial charge in [-0.2, -0.15) is 0 Å². The van der Waals surface area contributed by atoms with Crippen LogP contribution in [0.1, 0.15) is 12.5 Å². The smallest absolute Gasteiger partial charge is 0.236 e. The normalized spacial score (nSPS) is 19.8. The number of carbonyl (C=O) groups is 1. The molecule has 0 unspecified atom stereocenters. The lowest BCUT2D eigenvalue weighted by Gasteiger charge is -2.28. The van der Waals surface area contributed by atoms with Gasteiger partial charge < -0.3 is 15.5 Å². The molecule has 2 N–H and O–H groups in total. The van der Waals surface area contributed by atoms with Crippen molar-refractivity contribution >= 4 is 11.6 Å². The highest BCUT2D eigenvalue weighted by Crippen LogP contribution is 2.25. The van der Waals surface area contributed by atoms with E-state index in [9.17, 15) is 4.79 Å². The molecule has 1 heterocycles. The Labute approximate surface area is 102 Å². The first-order chi connectivity index (χ1) is 8.13. The van der Waals surface area contributed by atoms with Gasteiger partial charge in [-0.3, -0.25) is 4.79 Å². The zero-order chi connectivity index (χ0) is 12.4. The summed E-state index contributed by atoms with van der Waals surface area (Å²) in [7, 11) is 2.06. The molecule has 0 aliphatic carbocycles. The maximum atomic E-state index is 11.8. The first kappa shape index (κ1) is 11.9.